The van der Waals surface area contributed by atoms with E-state index in [2.05, 4.69) is 32.9 Å². The highest BCUT2D eigenvalue weighted by atomic mass is 16.5. The Kier molecular flexibility index (Phi) is 9.67. The summed E-state index contributed by atoms with van der Waals surface area (Å²) in [5, 5.41) is 22.0. The Labute approximate surface area is 226 Å². The molecule has 0 amide bonds. The van der Waals surface area contributed by atoms with Gasteiger partial charge in [-0.3, -0.25) is 4.79 Å². The maximum atomic E-state index is 13.3. The Morgan fingerprint density at radius 3 is 2.21 bits per heavy atom. The fourth-order valence-corrected chi connectivity index (χ4v) is 4.63. The summed E-state index contributed by atoms with van der Waals surface area (Å²) >= 11 is 0. The smallest absolute Gasteiger partial charge is 0.174 e. The van der Waals surface area contributed by atoms with Crippen molar-refractivity contribution in [2.45, 2.75) is 72.8 Å². The highest BCUT2D eigenvalue weighted by Crippen LogP contribution is 2.47. The zero-order valence-electron chi connectivity index (χ0n) is 23.6. The third kappa shape index (κ3) is 6.60. The Morgan fingerprint density at radius 1 is 0.921 bits per heavy atom. The second-order valence-corrected chi connectivity index (χ2v) is 10.3. The Hall–Kier alpha value is -3.67. The van der Waals surface area contributed by atoms with E-state index in [1.54, 1.807) is 12.1 Å². The van der Waals surface area contributed by atoms with E-state index in [1.165, 1.54) is 25.4 Å². The van der Waals surface area contributed by atoms with E-state index >= 15 is 0 Å². The monoisotopic (exact) mass is 520 g/mol. The van der Waals surface area contributed by atoms with Crippen LogP contribution in [0.25, 0.3) is 0 Å². The molecule has 204 valence electrons. The van der Waals surface area contributed by atoms with Gasteiger partial charge in [0.1, 0.15) is 28.9 Å². The van der Waals surface area contributed by atoms with Crippen LogP contribution < -0.4 is 14.2 Å². The highest BCUT2D eigenvalue weighted by Gasteiger charge is 2.34. The number of methoxy groups -OCH3 is 2. The number of carbonyl (C=O) groups is 1. The fraction of sp³-hybridized carbons (Fsp3) is 0.406. The molecule has 2 aromatic rings. The first-order valence-corrected chi connectivity index (χ1v) is 13.0. The predicted octanol–water partition coefficient (Wildman–Crippen LogP) is 7.57. The molecule has 0 aliphatic carbocycles. The Bertz CT molecular complexity index is 1270. The lowest BCUT2D eigenvalue weighted by molar-refractivity contribution is 0.0843. The van der Waals surface area contributed by atoms with Crippen LogP contribution in [0.15, 0.2) is 53.1 Å². The van der Waals surface area contributed by atoms with Crippen molar-refractivity contribution < 1.29 is 29.2 Å². The second kappa shape index (κ2) is 12.7. The van der Waals surface area contributed by atoms with Crippen LogP contribution in [-0.2, 0) is 12.8 Å². The van der Waals surface area contributed by atoms with Crippen molar-refractivity contribution in [1.82, 2.24) is 0 Å². The van der Waals surface area contributed by atoms with Crippen LogP contribution in [0.4, 0.5) is 0 Å². The number of hydrogen-bond acceptors (Lipinski definition) is 6. The zero-order valence-corrected chi connectivity index (χ0v) is 23.6. The Morgan fingerprint density at radius 2 is 1.58 bits per heavy atom. The number of Topliss-reactive ketones (excluding diaryl/α,β-unsaturated/α-hetero) is 1. The minimum absolute atomic E-state index is 0.0387. The summed E-state index contributed by atoms with van der Waals surface area (Å²) in [7, 11) is 3.04. The quantitative estimate of drug-likeness (QED) is 0.314. The van der Waals surface area contributed by atoms with Gasteiger partial charge in [0, 0.05) is 22.8 Å². The van der Waals surface area contributed by atoms with Gasteiger partial charge in [-0.15, -0.1) is 0 Å². The predicted molar refractivity (Wildman–Crippen MR) is 151 cm³/mol. The molecule has 38 heavy (non-hydrogen) atoms. The molecule has 2 N–H and O–H groups in total. The number of allylic oxidation sites excluding steroid dienone is 6. The molecule has 0 bridgehead atoms. The summed E-state index contributed by atoms with van der Waals surface area (Å²) in [5.74, 6) is 0.816. The number of benzene rings is 2. The van der Waals surface area contributed by atoms with E-state index in [4.69, 9.17) is 14.2 Å². The van der Waals surface area contributed by atoms with Crippen LogP contribution in [0.1, 0.15) is 87.0 Å². The molecule has 0 spiro atoms. The molecule has 0 fully saturated rings. The van der Waals surface area contributed by atoms with Crippen molar-refractivity contribution in [3.63, 3.8) is 0 Å². The molecule has 0 aromatic heterocycles. The molecule has 1 aliphatic heterocycles. The molecule has 0 unspecified atom stereocenters. The summed E-state index contributed by atoms with van der Waals surface area (Å²) in [5.41, 5.74) is 5.69. The standard InChI is InChI=1S/C32H40O6/c1-19(2)9-8-10-21(5)12-14-23-22(15-16-26(36-6)31(23)34)28-17-25(33)30-29(38-28)18-27(37-7)24(32(30)35)13-11-20(3)4/h9,11-12,15-16,18,28,34-35H,8,10,13-14,17H2,1-7H3/t28-/m0/s1. The fourth-order valence-electron chi connectivity index (χ4n) is 4.63. The summed E-state index contributed by atoms with van der Waals surface area (Å²) in [4.78, 5) is 13.3. The first kappa shape index (κ1) is 28.9. The Balaban J connectivity index is 1.99. The molecule has 1 heterocycles. The van der Waals surface area contributed by atoms with Crippen LogP contribution in [-0.4, -0.2) is 30.2 Å². The van der Waals surface area contributed by atoms with Gasteiger partial charge in [0.05, 0.1) is 20.6 Å². The van der Waals surface area contributed by atoms with Crippen LogP contribution in [0.2, 0.25) is 0 Å². The van der Waals surface area contributed by atoms with Crippen molar-refractivity contribution in [2.75, 3.05) is 14.2 Å². The van der Waals surface area contributed by atoms with Gasteiger partial charge < -0.3 is 24.4 Å². The largest absolute Gasteiger partial charge is 0.507 e. The molecule has 1 atom stereocenters. The average molecular weight is 521 g/mol. The van der Waals surface area contributed by atoms with E-state index in [9.17, 15) is 15.0 Å². The molecule has 2 aromatic carbocycles. The average Bonchev–Trinajstić information content (AvgIpc) is 2.86. The number of ether oxygens (including phenoxy) is 3. The minimum Gasteiger partial charge on any atom is -0.507 e. The summed E-state index contributed by atoms with van der Waals surface area (Å²) in [6.45, 7) is 10.2. The summed E-state index contributed by atoms with van der Waals surface area (Å²) < 4.78 is 17.2. The molecule has 6 nitrogen and oxygen atoms in total. The lowest BCUT2D eigenvalue weighted by atomic mass is 9.89. The highest BCUT2D eigenvalue weighted by molar-refractivity contribution is 6.03. The minimum atomic E-state index is -0.631. The van der Waals surface area contributed by atoms with Crippen LogP contribution in [0.5, 0.6) is 28.7 Å². The van der Waals surface area contributed by atoms with E-state index < -0.39 is 6.10 Å². The molecule has 0 saturated heterocycles. The SMILES string of the molecule is COc1ccc([C@@H]2CC(=O)c3c(cc(OC)c(CC=C(C)C)c3O)O2)c(CC=C(C)CCC=C(C)C)c1O. The molecule has 0 radical (unpaired) electrons. The summed E-state index contributed by atoms with van der Waals surface area (Å²) in [6.07, 6.45) is 8.48. The zero-order chi connectivity index (χ0) is 28.0. The molecule has 3 rings (SSSR count). The van der Waals surface area contributed by atoms with Gasteiger partial charge in [0.2, 0.25) is 0 Å². The lowest BCUT2D eigenvalue weighted by Gasteiger charge is -2.29. The van der Waals surface area contributed by atoms with Gasteiger partial charge in [-0.2, -0.15) is 0 Å². The second-order valence-electron chi connectivity index (χ2n) is 10.3. The number of aromatic hydroxyl groups is 2. The van der Waals surface area contributed by atoms with Gasteiger partial charge in [0.15, 0.2) is 17.3 Å². The van der Waals surface area contributed by atoms with E-state index in [0.29, 0.717) is 41.0 Å². The maximum Gasteiger partial charge on any atom is 0.174 e. The molecular formula is C32H40O6. The number of phenols is 2. The van der Waals surface area contributed by atoms with Crippen molar-refractivity contribution in [1.29, 1.82) is 0 Å². The van der Waals surface area contributed by atoms with Gasteiger partial charge in [-0.1, -0.05) is 41.0 Å². The number of hydrogen-bond donors (Lipinski definition) is 2. The normalized spacial score (nSPS) is 14.9. The number of phenolic OH excluding ortho intramolecular Hbond substituents is 2. The molecular weight excluding hydrogens is 480 g/mol. The van der Waals surface area contributed by atoms with Crippen molar-refractivity contribution in [2.24, 2.45) is 0 Å². The first-order chi connectivity index (χ1) is 18.1. The number of ketones is 1. The third-order valence-electron chi connectivity index (χ3n) is 6.78. The van der Waals surface area contributed by atoms with Gasteiger partial charge in [0.25, 0.3) is 0 Å². The van der Waals surface area contributed by atoms with Gasteiger partial charge in [-0.25, -0.2) is 0 Å². The number of carbonyl (C=O) groups excluding carboxylic acids is 1. The molecule has 0 saturated carbocycles. The van der Waals surface area contributed by atoms with Gasteiger partial charge >= 0.3 is 0 Å². The van der Waals surface area contributed by atoms with Crippen LogP contribution in [0, 0.1) is 0 Å². The van der Waals surface area contributed by atoms with E-state index in [1.807, 2.05) is 26.0 Å². The maximum absolute atomic E-state index is 13.3. The van der Waals surface area contributed by atoms with Crippen molar-refractivity contribution >= 4 is 5.78 Å². The topological polar surface area (TPSA) is 85.2 Å². The first-order valence-electron chi connectivity index (χ1n) is 13.0. The lowest BCUT2D eigenvalue weighted by Crippen LogP contribution is -2.22. The van der Waals surface area contributed by atoms with Crippen LogP contribution in [0.3, 0.4) is 0 Å². The van der Waals surface area contributed by atoms with E-state index in [0.717, 1.165) is 18.4 Å². The third-order valence-corrected chi connectivity index (χ3v) is 6.78. The molecule has 1 aliphatic rings. The number of fused-ring (bicyclic) bond motifs is 1. The van der Waals surface area contributed by atoms with E-state index in [-0.39, 0.29) is 35.0 Å². The van der Waals surface area contributed by atoms with Crippen molar-refractivity contribution in [3.05, 3.63) is 75.4 Å². The number of rotatable bonds is 10. The molecule has 6 heteroatoms. The van der Waals surface area contributed by atoms with Gasteiger partial charge in [-0.05, 0) is 66.4 Å². The van der Waals surface area contributed by atoms with Crippen LogP contribution >= 0.6 is 0 Å². The summed E-state index contributed by atoms with van der Waals surface area (Å²) in [6, 6.07) is 5.19. The van der Waals surface area contributed by atoms with Crippen molar-refractivity contribution in [3.8, 4) is 28.7 Å².